The lowest BCUT2D eigenvalue weighted by Gasteiger charge is -2.42. The molecule has 0 saturated heterocycles. The number of hydrogen-bond acceptors (Lipinski definition) is 4. The minimum atomic E-state index is -0.153. The molecular formula is C19H31NO2S. The van der Waals surface area contributed by atoms with Gasteiger partial charge in [0.15, 0.2) is 0 Å². The van der Waals surface area contributed by atoms with Crippen molar-refractivity contribution in [3.8, 4) is 0 Å². The van der Waals surface area contributed by atoms with Crippen LogP contribution in [0.1, 0.15) is 57.8 Å². The highest BCUT2D eigenvalue weighted by molar-refractivity contribution is 7.09. The van der Waals surface area contributed by atoms with Gasteiger partial charge in [0.25, 0.3) is 0 Å². The standard InChI is InChI=1S/C19H31NO2S/c1-4-20(5-2)19(16-10-7-6-8-11-16)18(22-15(3)21)14-17-12-9-13-23-17/h9,12-13,16,18-19H,4-8,10-11,14H2,1-3H3. The molecule has 1 aliphatic rings. The summed E-state index contributed by atoms with van der Waals surface area (Å²) in [5, 5.41) is 2.10. The summed E-state index contributed by atoms with van der Waals surface area (Å²) in [7, 11) is 0. The smallest absolute Gasteiger partial charge is 0.302 e. The monoisotopic (exact) mass is 337 g/mol. The van der Waals surface area contributed by atoms with E-state index < -0.39 is 0 Å². The molecule has 0 bridgehead atoms. The third kappa shape index (κ3) is 5.32. The number of hydrogen-bond donors (Lipinski definition) is 0. The van der Waals surface area contributed by atoms with Gasteiger partial charge in [-0.25, -0.2) is 0 Å². The van der Waals surface area contributed by atoms with Gasteiger partial charge < -0.3 is 4.74 Å². The maximum Gasteiger partial charge on any atom is 0.302 e. The first kappa shape index (κ1) is 18.5. The molecule has 2 atom stereocenters. The number of ether oxygens (including phenoxy) is 1. The van der Waals surface area contributed by atoms with Crippen molar-refractivity contribution in [1.82, 2.24) is 4.90 Å². The average molecular weight is 338 g/mol. The van der Waals surface area contributed by atoms with E-state index in [2.05, 4.69) is 36.3 Å². The van der Waals surface area contributed by atoms with Gasteiger partial charge in [0.2, 0.25) is 0 Å². The number of thiophene rings is 1. The van der Waals surface area contributed by atoms with E-state index in [1.807, 2.05) is 0 Å². The number of rotatable bonds is 8. The van der Waals surface area contributed by atoms with Crippen LogP contribution in [0.5, 0.6) is 0 Å². The van der Waals surface area contributed by atoms with Gasteiger partial charge in [-0.15, -0.1) is 11.3 Å². The second-order valence-corrected chi connectivity index (χ2v) is 7.57. The third-order valence-corrected chi connectivity index (χ3v) is 5.95. The van der Waals surface area contributed by atoms with Crippen LogP contribution in [-0.2, 0) is 16.0 Å². The highest BCUT2D eigenvalue weighted by atomic mass is 32.1. The zero-order chi connectivity index (χ0) is 16.7. The van der Waals surface area contributed by atoms with Gasteiger partial charge in [-0.05, 0) is 43.3 Å². The average Bonchev–Trinajstić information content (AvgIpc) is 3.05. The molecule has 1 aromatic heterocycles. The first-order chi connectivity index (χ1) is 11.2. The van der Waals surface area contributed by atoms with Crippen LogP contribution in [0, 0.1) is 5.92 Å². The van der Waals surface area contributed by atoms with Crippen LogP contribution in [0.25, 0.3) is 0 Å². The fourth-order valence-electron chi connectivity index (χ4n) is 4.03. The molecule has 1 heterocycles. The molecule has 0 N–H and O–H groups in total. The van der Waals surface area contributed by atoms with Crippen LogP contribution in [0.4, 0.5) is 0 Å². The molecule has 0 amide bonds. The van der Waals surface area contributed by atoms with E-state index >= 15 is 0 Å². The highest BCUT2D eigenvalue weighted by Crippen LogP contribution is 2.33. The predicted octanol–water partition coefficient (Wildman–Crippen LogP) is 4.51. The summed E-state index contributed by atoms with van der Waals surface area (Å²) in [4.78, 5) is 15.6. The van der Waals surface area contributed by atoms with Gasteiger partial charge in [0.1, 0.15) is 6.10 Å². The summed E-state index contributed by atoms with van der Waals surface area (Å²) < 4.78 is 5.85. The van der Waals surface area contributed by atoms with E-state index in [4.69, 9.17) is 4.74 Å². The van der Waals surface area contributed by atoms with Crippen molar-refractivity contribution < 1.29 is 9.53 Å². The highest BCUT2D eigenvalue weighted by Gasteiger charge is 2.36. The van der Waals surface area contributed by atoms with E-state index in [0.717, 1.165) is 19.5 Å². The van der Waals surface area contributed by atoms with Gasteiger partial charge >= 0.3 is 5.97 Å². The van der Waals surface area contributed by atoms with Gasteiger partial charge in [-0.2, -0.15) is 0 Å². The molecule has 130 valence electrons. The first-order valence-corrected chi connectivity index (χ1v) is 9.97. The lowest BCUT2D eigenvalue weighted by molar-refractivity contribution is -0.151. The topological polar surface area (TPSA) is 29.5 Å². The quantitative estimate of drug-likeness (QED) is 0.654. The molecule has 1 aliphatic carbocycles. The lowest BCUT2D eigenvalue weighted by Crippen LogP contribution is -2.51. The number of carbonyl (C=O) groups is 1. The Hall–Kier alpha value is -0.870. The molecule has 23 heavy (non-hydrogen) atoms. The number of esters is 1. The lowest BCUT2D eigenvalue weighted by atomic mass is 9.80. The van der Waals surface area contributed by atoms with Crippen LogP contribution in [0.2, 0.25) is 0 Å². The maximum absolute atomic E-state index is 11.7. The second-order valence-electron chi connectivity index (χ2n) is 6.54. The Morgan fingerprint density at radius 2 is 2.00 bits per heavy atom. The molecule has 4 heteroatoms. The Labute approximate surface area is 145 Å². The van der Waals surface area contributed by atoms with E-state index in [9.17, 15) is 4.79 Å². The molecular weight excluding hydrogens is 306 g/mol. The van der Waals surface area contributed by atoms with E-state index in [-0.39, 0.29) is 12.1 Å². The van der Waals surface area contributed by atoms with E-state index in [1.165, 1.54) is 37.0 Å². The van der Waals surface area contributed by atoms with E-state index in [0.29, 0.717) is 12.0 Å². The molecule has 1 aromatic rings. The van der Waals surface area contributed by atoms with Crippen LogP contribution >= 0.6 is 11.3 Å². The second kappa shape index (κ2) is 9.43. The van der Waals surface area contributed by atoms with Crippen LogP contribution in [-0.4, -0.2) is 36.1 Å². The molecule has 0 radical (unpaired) electrons. The Bertz CT molecular complexity index is 450. The van der Waals surface area contributed by atoms with Gasteiger partial charge in [-0.3, -0.25) is 9.69 Å². The molecule has 0 spiro atoms. The fourth-order valence-corrected chi connectivity index (χ4v) is 4.78. The minimum absolute atomic E-state index is 0.0332. The summed E-state index contributed by atoms with van der Waals surface area (Å²) in [6, 6.07) is 4.58. The third-order valence-electron chi connectivity index (χ3n) is 5.05. The fraction of sp³-hybridized carbons (Fsp3) is 0.737. The molecule has 0 aromatic carbocycles. The predicted molar refractivity (Wildman–Crippen MR) is 96.9 cm³/mol. The number of carbonyl (C=O) groups excluding carboxylic acids is 1. The Morgan fingerprint density at radius 3 is 2.52 bits per heavy atom. The van der Waals surface area contributed by atoms with Crippen molar-refractivity contribution >= 4 is 17.3 Å². The molecule has 2 unspecified atom stereocenters. The van der Waals surface area contributed by atoms with Crippen LogP contribution < -0.4 is 0 Å². The van der Waals surface area contributed by atoms with Crippen molar-refractivity contribution in [2.24, 2.45) is 5.92 Å². The van der Waals surface area contributed by atoms with Gasteiger partial charge in [0.05, 0.1) is 0 Å². The molecule has 1 fully saturated rings. The summed E-state index contributed by atoms with van der Waals surface area (Å²) in [5.41, 5.74) is 0. The summed E-state index contributed by atoms with van der Waals surface area (Å²) in [5.74, 6) is 0.493. The Kier molecular flexibility index (Phi) is 7.57. The van der Waals surface area contributed by atoms with Crippen LogP contribution in [0.15, 0.2) is 17.5 Å². The zero-order valence-corrected chi connectivity index (χ0v) is 15.6. The van der Waals surface area contributed by atoms with Gasteiger partial charge in [-0.1, -0.05) is 39.2 Å². The first-order valence-electron chi connectivity index (χ1n) is 9.09. The summed E-state index contributed by atoms with van der Waals surface area (Å²) >= 11 is 1.76. The molecule has 2 rings (SSSR count). The van der Waals surface area contributed by atoms with Crippen molar-refractivity contribution in [3.63, 3.8) is 0 Å². The molecule has 1 saturated carbocycles. The number of nitrogens with zero attached hydrogens (tertiary/aromatic N) is 1. The van der Waals surface area contributed by atoms with E-state index in [1.54, 1.807) is 18.3 Å². The largest absolute Gasteiger partial charge is 0.460 e. The Balaban J connectivity index is 2.22. The van der Waals surface area contributed by atoms with Crippen molar-refractivity contribution in [3.05, 3.63) is 22.4 Å². The maximum atomic E-state index is 11.7. The SMILES string of the molecule is CCN(CC)C(C1CCCCC1)C(Cc1cccs1)OC(C)=O. The van der Waals surface area contributed by atoms with Gasteiger partial charge in [0, 0.05) is 24.3 Å². The van der Waals surface area contributed by atoms with Crippen molar-refractivity contribution in [2.45, 2.75) is 71.4 Å². The zero-order valence-electron chi connectivity index (χ0n) is 14.8. The summed E-state index contributed by atoms with van der Waals surface area (Å²) in [6.07, 6.45) is 7.32. The molecule has 0 aliphatic heterocycles. The minimum Gasteiger partial charge on any atom is -0.460 e. The Morgan fingerprint density at radius 1 is 1.30 bits per heavy atom. The van der Waals surface area contributed by atoms with Crippen molar-refractivity contribution in [1.29, 1.82) is 0 Å². The van der Waals surface area contributed by atoms with Crippen LogP contribution in [0.3, 0.4) is 0 Å². The molecule has 3 nitrogen and oxygen atoms in total. The normalized spacial score (nSPS) is 18.8. The van der Waals surface area contributed by atoms with Crippen molar-refractivity contribution in [2.75, 3.05) is 13.1 Å². The number of likely N-dealkylation sites (N-methyl/N-ethyl adjacent to an activating group) is 1. The summed E-state index contributed by atoms with van der Waals surface area (Å²) in [6.45, 7) is 8.01.